The number of aliphatic hydroxyl groups is 2. The molecule has 0 aliphatic heterocycles. The van der Waals surface area contributed by atoms with Gasteiger partial charge in [-0.05, 0) is 122 Å². The second-order valence-corrected chi connectivity index (χ2v) is 7.46. The molecule has 0 aromatic heterocycles. The van der Waals surface area contributed by atoms with Gasteiger partial charge in [-0.1, -0.05) is 0 Å². The molecule has 0 saturated heterocycles. The minimum Gasteiger partial charge on any atom is -0.384 e. The van der Waals surface area contributed by atoms with Gasteiger partial charge < -0.3 is 10.2 Å². The molecule has 0 spiro atoms. The first-order valence-corrected chi connectivity index (χ1v) is 8.67. The van der Waals surface area contributed by atoms with E-state index in [9.17, 15) is 10.2 Å². The number of rotatable bonds is 0. The molecule has 2 aromatic rings. The summed E-state index contributed by atoms with van der Waals surface area (Å²) >= 11 is 0. The highest BCUT2D eigenvalue weighted by Gasteiger charge is 2.37. The van der Waals surface area contributed by atoms with Crippen molar-refractivity contribution >= 4 is 0 Å². The summed E-state index contributed by atoms with van der Waals surface area (Å²) < 4.78 is 0. The van der Waals surface area contributed by atoms with Crippen LogP contribution in [0.4, 0.5) is 0 Å². The maximum absolute atomic E-state index is 11.3. The van der Waals surface area contributed by atoms with Crippen molar-refractivity contribution in [3.8, 4) is 0 Å². The minimum absolute atomic E-state index is 0.672. The molecule has 1 aliphatic carbocycles. The summed E-state index contributed by atoms with van der Waals surface area (Å²) in [6.07, 6.45) is -1.34. The predicted molar refractivity (Wildman–Crippen MR) is 98.9 cm³/mol. The summed E-state index contributed by atoms with van der Waals surface area (Å²) in [6, 6.07) is 0. The van der Waals surface area contributed by atoms with Gasteiger partial charge in [-0.15, -0.1) is 0 Å². The Hall–Kier alpha value is -1.64. The van der Waals surface area contributed by atoms with Crippen molar-refractivity contribution in [3.63, 3.8) is 0 Å². The Morgan fingerprint density at radius 1 is 0.375 bits per heavy atom. The zero-order valence-corrected chi connectivity index (χ0v) is 16.0. The first kappa shape index (κ1) is 17.2. The molecule has 0 saturated carbocycles. The fraction of sp³-hybridized carbons (Fsp3) is 0.455. The van der Waals surface area contributed by atoms with Crippen LogP contribution in [0.25, 0.3) is 0 Å². The molecule has 24 heavy (non-hydrogen) atoms. The second-order valence-electron chi connectivity index (χ2n) is 7.46. The quantitative estimate of drug-likeness (QED) is 0.741. The van der Waals surface area contributed by atoms with Gasteiger partial charge in [-0.3, -0.25) is 0 Å². The van der Waals surface area contributed by atoms with Crippen LogP contribution in [0.5, 0.6) is 0 Å². The Morgan fingerprint density at radius 3 is 0.708 bits per heavy atom. The van der Waals surface area contributed by atoms with Crippen LogP contribution in [0, 0.1) is 55.4 Å². The summed E-state index contributed by atoms with van der Waals surface area (Å²) in [5.74, 6) is 0. The van der Waals surface area contributed by atoms with Crippen LogP contribution in [0.1, 0.15) is 79.0 Å². The first-order chi connectivity index (χ1) is 11.1. The van der Waals surface area contributed by atoms with Gasteiger partial charge >= 0.3 is 0 Å². The number of hydrogen-bond acceptors (Lipinski definition) is 2. The summed E-state index contributed by atoms with van der Waals surface area (Å²) in [4.78, 5) is 0. The highest BCUT2D eigenvalue weighted by Crippen LogP contribution is 2.48. The van der Waals surface area contributed by atoms with Crippen molar-refractivity contribution < 1.29 is 10.2 Å². The lowest BCUT2D eigenvalue weighted by Crippen LogP contribution is -2.24. The molecule has 0 fully saturated rings. The van der Waals surface area contributed by atoms with E-state index < -0.39 is 12.2 Å². The third-order valence-corrected chi connectivity index (χ3v) is 6.67. The smallest absolute Gasteiger partial charge is 0.105 e. The molecule has 2 aromatic carbocycles. The van der Waals surface area contributed by atoms with Crippen LogP contribution >= 0.6 is 0 Å². The van der Waals surface area contributed by atoms with Crippen molar-refractivity contribution in [2.45, 2.75) is 67.6 Å². The molecule has 0 atom stereocenters. The maximum Gasteiger partial charge on any atom is 0.105 e. The Balaban J connectivity index is 2.48. The van der Waals surface area contributed by atoms with Gasteiger partial charge in [-0.2, -0.15) is 0 Å². The van der Waals surface area contributed by atoms with Crippen molar-refractivity contribution in [1.29, 1.82) is 0 Å². The van der Waals surface area contributed by atoms with Crippen molar-refractivity contribution in [3.05, 3.63) is 66.8 Å². The molecular weight excluding hydrogens is 296 g/mol. The van der Waals surface area contributed by atoms with Gasteiger partial charge in [0.1, 0.15) is 12.2 Å². The van der Waals surface area contributed by atoms with Gasteiger partial charge in [0, 0.05) is 0 Å². The molecule has 128 valence electrons. The average molecular weight is 324 g/mol. The number of hydrogen-bond donors (Lipinski definition) is 2. The van der Waals surface area contributed by atoms with E-state index in [0.717, 1.165) is 44.5 Å². The van der Waals surface area contributed by atoms with Gasteiger partial charge in [0.2, 0.25) is 0 Å². The molecule has 3 rings (SSSR count). The largest absolute Gasteiger partial charge is 0.384 e. The maximum atomic E-state index is 11.3. The van der Waals surface area contributed by atoms with Gasteiger partial charge in [0.25, 0.3) is 0 Å². The van der Waals surface area contributed by atoms with Crippen molar-refractivity contribution in [1.82, 2.24) is 0 Å². The molecule has 0 bridgehead atoms. The normalized spacial score (nSPS) is 19.2. The van der Waals surface area contributed by atoms with Gasteiger partial charge in [0.15, 0.2) is 0 Å². The van der Waals surface area contributed by atoms with Gasteiger partial charge in [0.05, 0.1) is 0 Å². The van der Waals surface area contributed by atoms with Crippen molar-refractivity contribution in [2.24, 2.45) is 0 Å². The monoisotopic (exact) mass is 324 g/mol. The fourth-order valence-corrected chi connectivity index (χ4v) is 4.44. The topological polar surface area (TPSA) is 40.5 Å². The zero-order chi connectivity index (χ0) is 18.1. The molecule has 2 N–H and O–H groups in total. The van der Waals surface area contributed by atoms with E-state index in [1.807, 2.05) is 0 Å². The average Bonchev–Trinajstić information content (AvgIpc) is 2.55. The van der Waals surface area contributed by atoms with E-state index in [2.05, 4.69) is 55.4 Å². The molecule has 0 radical (unpaired) electrons. The lowest BCUT2D eigenvalue weighted by Gasteiger charge is -2.36. The van der Waals surface area contributed by atoms with Gasteiger partial charge in [-0.25, -0.2) is 0 Å². The SMILES string of the molecule is Cc1c(C)c(C)c2c(c1C)C(O)c1c(C)c(C)c(C)c(C)c1C2O. The van der Waals surface area contributed by atoms with Crippen LogP contribution in [0.3, 0.4) is 0 Å². The van der Waals surface area contributed by atoms with E-state index in [1.165, 1.54) is 22.3 Å². The molecule has 1 aliphatic rings. The summed E-state index contributed by atoms with van der Waals surface area (Å²) in [5, 5.41) is 22.5. The second kappa shape index (κ2) is 5.44. The third-order valence-electron chi connectivity index (χ3n) is 6.67. The Labute approximate surface area is 145 Å². The van der Waals surface area contributed by atoms with E-state index in [-0.39, 0.29) is 0 Å². The number of benzene rings is 2. The van der Waals surface area contributed by atoms with E-state index in [0.29, 0.717) is 0 Å². The molecule has 0 unspecified atom stereocenters. The standard InChI is InChI=1S/C22H28O2/c1-9-10(2)14(6)18-17(13(9)5)21(23)19-15(7)11(3)12(4)16(8)20(19)22(18)24/h21-24H,1-8H3. The number of aliphatic hydroxyl groups excluding tert-OH is 2. The van der Waals surface area contributed by atoms with Crippen LogP contribution in [0.15, 0.2) is 0 Å². The third kappa shape index (κ3) is 1.96. The molecule has 0 amide bonds. The van der Waals surface area contributed by atoms with Crippen LogP contribution in [-0.2, 0) is 0 Å². The Morgan fingerprint density at radius 2 is 0.542 bits per heavy atom. The summed E-state index contributed by atoms with van der Waals surface area (Å²) in [7, 11) is 0. The number of fused-ring (bicyclic) bond motifs is 2. The fourth-order valence-electron chi connectivity index (χ4n) is 4.44. The lowest BCUT2D eigenvalue weighted by molar-refractivity contribution is 0.170. The minimum atomic E-state index is -0.672. The van der Waals surface area contributed by atoms with Crippen LogP contribution in [-0.4, -0.2) is 10.2 Å². The van der Waals surface area contributed by atoms with Crippen LogP contribution in [0.2, 0.25) is 0 Å². The first-order valence-electron chi connectivity index (χ1n) is 8.67. The van der Waals surface area contributed by atoms with Crippen LogP contribution < -0.4 is 0 Å². The highest BCUT2D eigenvalue weighted by atomic mass is 16.3. The predicted octanol–water partition coefficient (Wildman–Crippen LogP) is 4.63. The van der Waals surface area contributed by atoms with Crippen molar-refractivity contribution in [2.75, 3.05) is 0 Å². The molecular formula is C22H28O2. The zero-order valence-electron chi connectivity index (χ0n) is 16.0. The summed E-state index contributed by atoms with van der Waals surface area (Å²) in [6.45, 7) is 16.7. The molecule has 2 heteroatoms. The van der Waals surface area contributed by atoms with E-state index in [1.54, 1.807) is 0 Å². The summed E-state index contributed by atoms with van der Waals surface area (Å²) in [5.41, 5.74) is 12.8. The Kier molecular flexibility index (Phi) is 3.89. The molecule has 2 nitrogen and oxygen atoms in total. The molecule has 0 heterocycles. The highest BCUT2D eigenvalue weighted by molar-refractivity contribution is 5.64. The van der Waals surface area contributed by atoms with E-state index >= 15 is 0 Å². The Bertz CT molecular complexity index is 732. The lowest BCUT2D eigenvalue weighted by atomic mass is 9.72. The van der Waals surface area contributed by atoms with E-state index in [4.69, 9.17) is 0 Å².